The monoisotopic (exact) mass is 1430 g/mol. The van der Waals surface area contributed by atoms with E-state index in [0.29, 0.717) is 113 Å². The molecule has 486 valence electrons. The van der Waals surface area contributed by atoms with Gasteiger partial charge in [0.25, 0.3) is 18.3 Å². The van der Waals surface area contributed by atoms with Crippen molar-refractivity contribution in [2.75, 3.05) is 47.1 Å². The number of halogens is 5. The first-order valence-corrected chi connectivity index (χ1v) is 32.9. The van der Waals surface area contributed by atoms with Crippen LogP contribution in [0.2, 0.25) is 0 Å². The average Bonchev–Trinajstić information content (AvgIpc) is 1.53. The number of pyridine rings is 2. The Hall–Kier alpha value is -7.47. The smallest absolute Gasteiger partial charge is 1.00 e. The summed E-state index contributed by atoms with van der Waals surface area (Å²) in [7, 11) is -4.53. The van der Waals surface area contributed by atoms with E-state index >= 15 is 0 Å². The van der Waals surface area contributed by atoms with Crippen molar-refractivity contribution in [1.29, 1.82) is 0 Å². The third-order valence-electron chi connectivity index (χ3n) is 16.2. The Kier molecular flexibility index (Phi) is 21.3. The number of anilines is 2. The fourth-order valence-electron chi connectivity index (χ4n) is 11.9. The fourth-order valence-corrected chi connectivity index (χ4v) is 14.9. The molecule has 15 rings (SSSR count). The van der Waals surface area contributed by atoms with Crippen LogP contribution in [0.1, 0.15) is 35.0 Å². The number of carbonyl (C=O) groups is 3. The summed E-state index contributed by atoms with van der Waals surface area (Å²) in [5.74, 6) is -1.25. The summed E-state index contributed by atoms with van der Waals surface area (Å²) < 4.78 is 141. The van der Waals surface area contributed by atoms with Gasteiger partial charge >= 0.3 is 103 Å². The Morgan fingerprint density at radius 1 is 0.670 bits per heavy atom. The van der Waals surface area contributed by atoms with Crippen molar-refractivity contribution in [1.82, 2.24) is 29.7 Å². The van der Waals surface area contributed by atoms with Crippen molar-refractivity contribution >= 4 is 105 Å². The number of aromatic nitrogens is 4. The Morgan fingerprint density at radius 3 is 1.60 bits per heavy atom. The molecule has 0 bridgehead atoms. The van der Waals surface area contributed by atoms with E-state index in [1.165, 1.54) is 85.1 Å². The molecule has 0 aliphatic carbocycles. The summed E-state index contributed by atoms with van der Waals surface area (Å²) in [5.41, 5.74) is 7.38. The quantitative estimate of drug-likeness (QED) is 0.0298. The molecule has 21 nitrogen and oxygen atoms in total. The van der Waals surface area contributed by atoms with Gasteiger partial charge in [0.05, 0.1) is 67.8 Å². The molecule has 1 fully saturated rings. The summed E-state index contributed by atoms with van der Waals surface area (Å²) in [6.07, 6.45) is 0.666. The van der Waals surface area contributed by atoms with Crippen molar-refractivity contribution in [3.63, 3.8) is 0 Å². The third kappa shape index (κ3) is 13.6. The summed E-state index contributed by atoms with van der Waals surface area (Å²) in [4.78, 5) is 47.6. The number of sulfonamides is 2. The molecule has 3 aliphatic rings. The molecule has 30 heteroatoms. The van der Waals surface area contributed by atoms with Crippen LogP contribution in [0.25, 0.3) is 112 Å². The molecule has 3 N–H and O–H groups in total. The topological polar surface area (TPSA) is 271 Å². The van der Waals surface area contributed by atoms with Gasteiger partial charge < -0.3 is 49.6 Å². The number of hydrogen-bond donors (Lipinski definition) is 3. The predicted octanol–water partition coefficient (Wildman–Crippen LogP) is 6.01. The first kappa shape index (κ1) is 70.8. The van der Waals surface area contributed by atoms with E-state index in [-0.39, 0.29) is 206 Å². The summed E-state index contributed by atoms with van der Waals surface area (Å²) in [6, 6.07) is 37.4. The van der Waals surface area contributed by atoms with Gasteiger partial charge in [-0.05, 0) is 134 Å². The minimum absolute atomic E-state index is 0. The van der Waals surface area contributed by atoms with E-state index in [2.05, 4.69) is 20.2 Å². The minimum Gasteiger partial charge on any atom is -1.00 e. The van der Waals surface area contributed by atoms with Gasteiger partial charge in [0.15, 0.2) is 13.5 Å². The van der Waals surface area contributed by atoms with Gasteiger partial charge in [-0.25, -0.2) is 44.4 Å². The van der Waals surface area contributed by atoms with Crippen LogP contribution in [0.5, 0.6) is 11.5 Å². The molecule has 97 heavy (non-hydrogen) atoms. The Balaban J connectivity index is 0.000000196. The van der Waals surface area contributed by atoms with Gasteiger partial charge in [-0.15, -0.1) is 11.6 Å². The van der Waals surface area contributed by atoms with Crippen LogP contribution in [-0.2, 0) is 43.2 Å². The van der Waals surface area contributed by atoms with Crippen LogP contribution in [0, 0.1) is 23.3 Å². The third-order valence-corrected chi connectivity index (χ3v) is 19.7. The van der Waals surface area contributed by atoms with Gasteiger partial charge in [-0.2, -0.15) is 0 Å². The SMILES string of the molecule is CNC(=O)c1c(-c2ccc(F)cc2)oc2cc(N3CCCS3(=O)=O)c(-c3ccc4c(n3)-c3cc5c(F)cccc5n3CO4)cc12.CNC(=O)c1c(-c2ccc(F)cc2)oc2cc(NS(=O)(=O)CCCCl)c(-c3ccc4c(n3)-c3cc5c(F)cccc5n3CO4)cc12.O=CO[O-].[H-].[K+].[K+]. The number of amides is 2. The van der Waals surface area contributed by atoms with Crippen molar-refractivity contribution < 1.29 is 181 Å². The number of ether oxygens (including phenoxy) is 2. The molecule has 0 spiro atoms. The Morgan fingerprint density at radius 2 is 1.14 bits per heavy atom. The van der Waals surface area contributed by atoms with Crippen molar-refractivity contribution in [2.24, 2.45) is 0 Å². The number of fused-ring (bicyclic) bond motifs is 12. The summed E-state index contributed by atoms with van der Waals surface area (Å²) in [5, 5.41) is 15.4. The molecule has 2 amide bonds. The molecular formula is C67H51ClF4K2N8O13S2. The zero-order valence-electron chi connectivity index (χ0n) is 52.8. The normalized spacial score (nSPS) is 13.2. The van der Waals surface area contributed by atoms with Crippen LogP contribution in [0.4, 0.5) is 28.9 Å². The number of carbonyl (C=O) groups excluding carboxylic acids is 3. The van der Waals surface area contributed by atoms with Gasteiger partial charge in [-0.1, -0.05) is 12.1 Å². The van der Waals surface area contributed by atoms with Gasteiger partial charge in [0.2, 0.25) is 20.0 Å². The van der Waals surface area contributed by atoms with Crippen molar-refractivity contribution in [3.8, 4) is 79.4 Å². The van der Waals surface area contributed by atoms with E-state index < -0.39 is 43.5 Å². The number of furan rings is 2. The molecule has 6 aromatic heterocycles. The molecule has 1 saturated heterocycles. The molecule has 0 atom stereocenters. The van der Waals surface area contributed by atoms with E-state index in [1.54, 1.807) is 72.8 Å². The molecule has 12 aromatic rings. The Labute approximate surface area is 641 Å². The largest absolute Gasteiger partial charge is 1.00 e. The number of benzene rings is 6. The standard InChI is InChI=1S/C33H25ClF2N4O5S.C33H24F2N4O5S.CH2O3.2K.H/c1-37-33(41)30-22-14-21(24-10-11-28-31(38-24)27-15-20-23(36)4-2-5-26(20)40(27)17-44-28)25(39-46(42,43)13-3-12-34)16-29(22)45-32(30)18-6-8-19(35)9-7-18;1-36-33(40)30-22-14-21(24-10-11-28-31(37-24)27-15-20-23(35)4-2-5-25(20)38(27)17-43-28)26(39-12-3-13-45(39,41)42)16-29(22)44-32(30)18-6-8-19(34)9-7-18;2-1-4-3;;;/h2,4-11,14-16,39H,3,12-13,17H2,1H3,(H,37,41);2,4-11,14-16H,3,12-13,17H2,1H3,(H,36,40);1,3H;;;/q;;;2*+1;-1/p-1. The maximum atomic E-state index is 14.7. The van der Waals surface area contributed by atoms with Crippen LogP contribution in [0.15, 0.2) is 154 Å². The molecule has 0 saturated carbocycles. The van der Waals surface area contributed by atoms with Crippen molar-refractivity contribution in [3.05, 3.63) is 180 Å². The molecule has 9 heterocycles. The number of rotatable bonds is 13. The number of nitrogens with one attached hydrogen (secondary N) is 3. The van der Waals surface area contributed by atoms with E-state index in [0.717, 1.165) is 0 Å². The first-order chi connectivity index (χ1) is 45.8. The molecule has 0 radical (unpaired) electrons. The second kappa shape index (κ2) is 29.2. The molecular weight excluding hydrogens is 1380 g/mol. The average molecular weight is 1430 g/mol. The maximum Gasteiger partial charge on any atom is 1.00 e. The summed E-state index contributed by atoms with van der Waals surface area (Å²) >= 11 is 5.78. The Bertz CT molecular complexity index is 5360. The zero-order valence-corrected chi connectivity index (χ0v) is 60.5. The second-order valence-corrected chi connectivity index (χ2v) is 26.1. The van der Waals surface area contributed by atoms with E-state index in [1.807, 2.05) is 15.2 Å². The summed E-state index contributed by atoms with van der Waals surface area (Å²) in [6.45, 7) is 0.414. The number of alkyl halides is 1. The van der Waals surface area contributed by atoms with E-state index in [4.69, 9.17) is 49.9 Å². The predicted molar refractivity (Wildman–Crippen MR) is 346 cm³/mol. The van der Waals surface area contributed by atoms with Crippen LogP contribution in [-0.4, -0.2) is 92.3 Å². The number of hydrogen-bond acceptors (Lipinski definition) is 15. The van der Waals surface area contributed by atoms with E-state index in [9.17, 15) is 44.0 Å². The fraction of sp³-hybridized carbons (Fsp3) is 0.149. The van der Waals surface area contributed by atoms with Crippen molar-refractivity contribution in [2.45, 2.75) is 26.3 Å². The zero-order chi connectivity index (χ0) is 66.6. The number of nitrogens with zero attached hydrogens (tertiary/aromatic N) is 5. The van der Waals surface area contributed by atoms with Crippen LogP contribution >= 0.6 is 11.6 Å². The first-order valence-electron chi connectivity index (χ1n) is 29.1. The van der Waals surface area contributed by atoms with Gasteiger partial charge in [0.1, 0.15) is 68.8 Å². The molecule has 6 aromatic carbocycles. The second-order valence-electron chi connectivity index (χ2n) is 21.8. The van der Waals surface area contributed by atoms with Gasteiger partial charge in [0, 0.05) is 82.5 Å². The molecule has 0 unspecified atom stereocenters. The maximum absolute atomic E-state index is 14.7. The van der Waals surface area contributed by atoms with Crippen LogP contribution in [0.3, 0.4) is 0 Å². The minimum atomic E-state index is -3.86. The molecule has 3 aliphatic heterocycles. The van der Waals surface area contributed by atoms with Crippen LogP contribution < -0.4 is 137 Å². The van der Waals surface area contributed by atoms with Gasteiger partial charge in [-0.3, -0.25) is 23.4 Å².